The van der Waals surface area contributed by atoms with Crippen molar-refractivity contribution in [2.24, 2.45) is 10.9 Å². The van der Waals surface area contributed by atoms with E-state index in [2.05, 4.69) is 10.3 Å². The molecule has 8 heteroatoms. The van der Waals surface area contributed by atoms with E-state index in [9.17, 15) is 13.2 Å². The Bertz CT molecular complexity index is 1200. The number of rotatable bonds is 4. The van der Waals surface area contributed by atoms with Crippen LogP contribution < -0.4 is 5.32 Å². The first kappa shape index (κ1) is 21.4. The van der Waals surface area contributed by atoms with Crippen LogP contribution in [0.3, 0.4) is 0 Å². The molecule has 2 aliphatic heterocycles. The van der Waals surface area contributed by atoms with Crippen molar-refractivity contribution in [2.45, 2.75) is 57.4 Å². The summed E-state index contributed by atoms with van der Waals surface area (Å²) in [6.07, 6.45) is 10.2. The normalized spacial score (nSPS) is 22.7. The summed E-state index contributed by atoms with van der Waals surface area (Å²) in [5.41, 5.74) is 2.13. The van der Waals surface area contributed by atoms with Crippen LogP contribution in [-0.4, -0.2) is 48.1 Å². The summed E-state index contributed by atoms with van der Waals surface area (Å²) in [5.74, 6) is 1.12. The second-order valence-electron chi connectivity index (χ2n) is 9.34. The van der Waals surface area contributed by atoms with Gasteiger partial charge in [-0.15, -0.1) is 0 Å². The first-order valence-corrected chi connectivity index (χ1v) is 13.0. The summed E-state index contributed by atoms with van der Waals surface area (Å²) in [6.45, 7) is 2.58. The number of hydrogen-bond donors (Lipinski definition) is 2. The summed E-state index contributed by atoms with van der Waals surface area (Å²) in [4.78, 5) is 20.8. The lowest BCUT2D eigenvalue weighted by molar-refractivity contribution is -0.124. The van der Waals surface area contributed by atoms with Gasteiger partial charge in [-0.05, 0) is 73.4 Å². The third kappa shape index (κ3) is 3.90. The number of carbonyl (C=O) groups excluding carboxylic acids is 1. The van der Waals surface area contributed by atoms with Gasteiger partial charge in [-0.3, -0.25) is 9.79 Å². The van der Waals surface area contributed by atoms with Crippen molar-refractivity contribution >= 4 is 38.7 Å². The Balaban J connectivity index is 1.28. The Kier molecular flexibility index (Phi) is 5.45. The molecule has 1 spiro atoms. The number of hydrogen-bond acceptors (Lipinski definition) is 4. The molecule has 170 valence electrons. The maximum Gasteiger partial charge on any atom is 0.253 e. The Morgan fingerprint density at radius 2 is 1.91 bits per heavy atom. The second-order valence-corrected chi connectivity index (χ2v) is 11.2. The largest absolute Gasteiger partial charge is 0.361 e. The van der Waals surface area contributed by atoms with Gasteiger partial charge in [0.05, 0.1) is 0 Å². The van der Waals surface area contributed by atoms with E-state index < -0.39 is 15.6 Å². The molecule has 1 saturated heterocycles. The minimum atomic E-state index is -3.57. The fourth-order valence-corrected chi connectivity index (χ4v) is 6.39. The molecular weight excluding hydrogens is 424 g/mol. The standard InChI is InChI=1S/C24H30N4O3S/c1-17-15-21-20(7-11-25-21)16-19(17)8-14-32(30,31)28-12-9-24(10-13-28)23(29)26-22(27-24)18-5-3-2-4-6-18/h7-8,11,14-16,18,25H,2-6,9-10,12-13H2,1H3,(H,26,27,29). The first-order valence-electron chi connectivity index (χ1n) is 11.5. The monoisotopic (exact) mass is 454 g/mol. The molecule has 2 fully saturated rings. The van der Waals surface area contributed by atoms with Gasteiger partial charge in [0.1, 0.15) is 11.4 Å². The Hall–Kier alpha value is -2.45. The molecule has 2 N–H and O–H groups in total. The molecule has 5 rings (SSSR count). The fourth-order valence-electron chi connectivity index (χ4n) is 5.21. The maximum absolute atomic E-state index is 13.0. The number of aromatic amines is 1. The highest BCUT2D eigenvalue weighted by Gasteiger charge is 2.48. The topological polar surface area (TPSA) is 94.6 Å². The van der Waals surface area contributed by atoms with Crippen molar-refractivity contribution in [3.8, 4) is 0 Å². The van der Waals surface area contributed by atoms with Gasteiger partial charge in [-0.2, -0.15) is 4.31 Å². The van der Waals surface area contributed by atoms with E-state index >= 15 is 0 Å². The smallest absolute Gasteiger partial charge is 0.253 e. The summed E-state index contributed by atoms with van der Waals surface area (Å²) in [7, 11) is -3.57. The summed E-state index contributed by atoms with van der Waals surface area (Å²) in [5, 5.41) is 5.37. The number of nitrogens with one attached hydrogen (secondary N) is 2. The molecule has 1 aliphatic carbocycles. The molecular formula is C24H30N4O3S. The van der Waals surface area contributed by atoms with Crippen LogP contribution in [-0.2, 0) is 14.8 Å². The quantitative estimate of drug-likeness (QED) is 0.737. The average molecular weight is 455 g/mol. The van der Waals surface area contributed by atoms with Crippen LogP contribution in [0.25, 0.3) is 17.0 Å². The number of nitrogens with zero attached hydrogens (tertiary/aromatic N) is 2. The van der Waals surface area contributed by atoms with Crippen molar-refractivity contribution in [1.82, 2.24) is 14.6 Å². The van der Waals surface area contributed by atoms with Crippen molar-refractivity contribution in [3.05, 3.63) is 40.9 Å². The summed E-state index contributed by atoms with van der Waals surface area (Å²) in [6, 6.07) is 5.98. The Morgan fingerprint density at radius 1 is 1.16 bits per heavy atom. The average Bonchev–Trinajstić information content (AvgIpc) is 3.37. The van der Waals surface area contributed by atoms with Gasteiger partial charge in [0.25, 0.3) is 5.91 Å². The molecule has 0 atom stereocenters. The Morgan fingerprint density at radius 3 is 2.66 bits per heavy atom. The van der Waals surface area contributed by atoms with Gasteiger partial charge >= 0.3 is 0 Å². The lowest BCUT2D eigenvalue weighted by Gasteiger charge is -2.34. The second kappa shape index (κ2) is 8.15. The molecule has 0 unspecified atom stereocenters. The number of carbonyl (C=O) groups is 1. The molecule has 32 heavy (non-hydrogen) atoms. The first-order chi connectivity index (χ1) is 15.4. The lowest BCUT2D eigenvalue weighted by atomic mass is 9.88. The van der Waals surface area contributed by atoms with E-state index in [4.69, 9.17) is 4.99 Å². The van der Waals surface area contributed by atoms with Crippen LogP contribution in [0.2, 0.25) is 0 Å². The number of amidine groups is 1. The molecule has 2 aromatic rings. The van der Waals surface area contributed by atoms with E-state index in [0.29, 0.717) is 31.8 Å². The van der Waals surface area contributed by atoms with E-state index in [1.165, 1.54) is 29.0 Å². The van der Waals surface area contributed by atoms with Crippen LogP contribution in [0.15, 0.2) is 34.8 Å². The maximum atomic E-state index is 13.0. The summed E-state index contributed by atoms with van der Waals surface area (Å²) >= 11 is 0. The third-order valence-electron chi connectivity index (χ3n) is 7.26. The van der Waals surface area contributed by atoms with Crippen molar-refractivity contribution in [1.29, 1.82) is 0 Å². The molecule has 0 bridgehead atoms. The Labute approximate surface area is 189 Å². The van der Waals surface area contributed by atoms with E-state index in [-0.39, 0.29) is 5.91 Å². The molecule has 3 heterocycles. The van der Waals surface area contributed by atoms with E-state index in [1.807, 2.05) is 31.3 Å². The lowest BCUT2D eigenvalue weighted by Crippen LogP contribution is -2.50. The van der Waals surface area contributed by atoms with Crippen molar-refractivity contribution in [2.75, 3.05) is 13.1 Å². The molecule has 7 nitrogen and oxygen atoms in total. The number of piperidine rings is 1. The highest BCUT2D eigenvalue weighted by molar-refractivity contribution is 7.92. The molecule has 1 aromatic heterocycles. The third-order valence-corrected chi connectivity index (χ3v) is 8.82. The zero-order valence-electron chi connectivity index (χ0n) is 18.4. The molecule has 1 amide bonds. The van der Waals surface area contributed by atoms with Crippen LogP contribution in [0.1, 0.15) is 56.1 Å². The van der Waals surface area contributed by atoms with Gasteiger partial charge in [0, 0.05) is 36.1 Å². The van der Waals surface area contributed by atoms with Crippen LogP contribution in [0.4, 0.5) is 0 Å². The number of aliphatic imine (C=N–C) groups is 1. The highest BCUT2D eigenvalue weighted by Crippen LogP contribution is 2.35. The molecule has 0 radical (unpaired) electrons. The van der Waals surface area contributed by atoms with Gasteiger partial charge in [-0.1, -0.05) is 19.3 Å². The number of aromatic nitrogens is 1. The van der Waals surface area contributed by atoms with E-state index in [1.54, 1.807) is 6.08 Å². The number of amides is 1. The molecule has 3 aliphatic rings. The van der Waals surface area contributed by atoms with Crippen LogP contribution >= 0.6 is 0 Å². The zero-order chi connectivity index (χ0) is 22.3. The summed E-state index contributed by atoms with van der Waals surface area (Å²) < 4.78 is 27.4. The highest BCUT2D eigenvalue weighted by atomic mass is 32.2. The van der Waals surface area contributed by atoms with Crippen molar-refractivity contribution in [3.63, 3.8) is 0 Å². The number of sulfonamides is 1. The van der Waals surface area contributed by atoms with Gasteiger partial charge in [0.15, 0.2) is 0 Å². The van der Waals surface area contributed by atoms with Crippen LogP contribution in [0, 0.1) is 12.8 Å². The van der Waals surface area contributed by atoms with Gasteiger partial charge in [-0.25, -0.2) is 8.42 Å². The predicted molar refractivity (Wildman–Crippen MR) is 127 cm³/mol. The number of fused-ring (bicyclic) bond motifs is 1. The van der Waals surface area contributed by atoms with Gasteiger partial charge in [0.2, 0.25) is 10.0 Å². The number of benzene rings is 1. The predicted octanol–water partition coefficient (Wildman–Crippen LogP) is 3.72. The minimum Gasteiger partial charge on any atom is -0.361 e. The molecule has 1 aromatic carbocycles. The van der Waals surface area contributed by atoms with Gasteiger partial charge < -0.3 is 10.3 Å². The van der Waals surface area contributed by atoms with Crippen LogP contribution in [0.5, 0.6) is 0 Å². The zero-order valence-corrected chi connectivity index (χ0v) is 19.2. The number of aryl methyl sites for hydroxylation is 1. The molecule has 1 saturated carbocycles. The minimum absolute atomic E-state index is 0.0545. The number of H-pyrrole nitrogens is 1. The fraction of sp³-hybridized carbons (Fsp3) is 0.500. The SMILES string of the molecule is Cc1cc2[nH]ccc2cc1C=CS(=O)(=O)N1CCC2(CC1)N=C(C1CCCCC1)NC2=O. The van der Waals surface area contributed by atoms with Crippen molar-refractivity contribution < 1.29 is 13.2 Å². The van der Waals surface area contributed by atoms with E-state index in [0.717, 1.165) is 40.7 Å².